The Morgan fingerprint density at radius 3 is 0.808 bits per heavy atom. The van der Waals surface area contributed by atoms with Crippen molar-refractivity contribution in [2.75, 3.05) is 13.2 Å². The third-order valence-electron chi connectivity index (χ3n) is 14.4. The van der Waals surface area contributed by atoms with Crippen molar-refractivity contribution < 1.29 is 28.6 Å². The van der Waals surface area contributed by atoms with Crippen LogP contribution in [0.1, 0.15) is 342 Å². The number of carbonyl (C=O) groups excluding carboxylic acids is 3. The van der Waals surface area contributed by atoms with E-state index in [9.17, 15) is 14.4 Å². The zero-order valence-corrected chi connectivity index (χ0v) is 48.9. The number of carbonyl (C=O) groups is 3. The van der Waals surface area contributed by atoms with Crippen molar-refractivity contribution in [3.05, 3.63) is 48.6 Å². The van der Waals surface area contributed by atoms with E-state index in [2.05, 4.69) is 63.3 Å². The fourth-order valence-corrected chi connectivity index (χ4v) is 9.58. The van der Waals surface area contributed by atoms with E-state index in [-0.39, 0.29) is 37.5 Å². The highest BCUT2D eigenvalue weighted by atomic mass is 16.6. The molecule has 0 rings (SSSR count). The fourth-order valence-electron chi connectivity index (χ4n) is 9.58. The molecule has 0 spiro atoms. The van der Waals surface area contributed by atoms with Crippen LogP contribution in [-0.4, -0.2) is 37.2 Å². The number of hydrogen-bond donors (Lipinski definition) is 0. The molecule has 1 atom stereocenters. The molecule has 0 bridgehead atoms. The summed E-state index contributed by atoms with van der Waals surface area (Å²) < 4.78 is 16.8. The number of rotatable bonds is 59. The molecule has 426 valence electrons. The van der Waals surface area contributed by atoms with E-state index in [1.54, 1.807) is 0 Å². The average molecular weight is 1020 g/mol. The maximum atomic E-state index is 12.8. The van der Waals surface area contributed by atoms with Crippen LogP contribution in [0.4, 0.5) is 0 Å². The summed E-state index contributed by atoms with van der Waals surface area (Å²) in [5, 5.41) is 0. The van der Waals surface area contributed by atoms with Crippen LogP contribution in [0.5, 0.6) is 0 Å². The largest absolute Gasteiger partial charge is 0.462 e. The maximum absolute atomic E-state index is 12.8. The molecule has 0 N–H and O–H groups in total. The predicted molar refractivity (Wildman–Crippen MR) is 316 cm³/mol. The molecule has 0 saturated carbocycles. The van der Waals surface area contributed by atoms with Crippen LogP contribution in [0.15, 0.2) is 48.6 Å². The van der Waals surface area contributed by atoms with Gasteiger partial charge in [-0.3, -0.25) is 14.4 Å². The van der Waals surface area contributed by atoms with Gasteiger partial charge in [-0.2, -0.15) is 0 Å². The topological polar surface area (TPSA) is 78.9 Å². The van der Waals surface area contributed by atoms with Crippen LogP contribution in [0.3, 0.4) is 0 Å². The monoisotopic (exact) mass is 1020 g/mol. The van der Waals surface area contributed by atoms with Crippen molar-refractivity contribution in [1.82, 2.24) is 0 Å². The molecule has 0 saturated heterocycles. The van der Waals surface area contributed by atoms with Crippen molar-refractivity contribution >= 4 is 17.9 Å². The molecular formula is C67H122O6. The van der Waals surface area contributed by atoms with E-state index < -0.39 is 6.10 Å². The third-order valence-corrected chi connectivity index (χ3v) is 14.4. The van der Waals surface area contributed by atoms with Crippen molar-refractivity contribution in [1.29, 1.82) is 0 Å². The number of ether oxygens (including phenoxy) is 3. The highest BCUT2D eigenvalue weighted by Crippen LogP contribution is 2.18. The van der Waals surface area contributed by atoms with Crippen LogP contribution in [-0.2, 0) is 28.6 Å². The Morgan fingerprint density at radius 1 is 0.288 bits per heavy atom. The summed E-state index contributed by atoms with van der Waals surface area (Å²) in [6.45, 7) is 6.49. The summed E-state index contributed by atoms with van der Waals surface area (Å²) in [6.07, 6.45) is 77.5. The first-order valence-electron chi connectivity index (χ1n) is 32.1. The number of hydrogen-bond acceptors (Lipinski definition) is 6. The second-order valence-electron chi connectivity index (χ2n) is 21.7. The van der Waals surface area contributed by atoms with Crippen LogP contribution in [0.25, 0.3) is 0 Å². The van der Waals surface area contributed by atoms with Crippen LogP contribution in [0.2, 0.25) is 0 Å². The van der Waals surface area contributed by atoms with Gasteiger partial charge in [-0.1, -0.05) is 326 Å². The molecule has 0 aromatic rings. The van der Waals surface area contributed by atoms with Gasteiger partial charge in [-0.15, -0.1) is 0 Å². The first-order chi connectivity index (χ1) is 36.0. The molecule has 0 fully saturated rings. The molecule has 6 heteroatoms. The van der Waals surface area contributed by atoms with E-state index in [0.29, 0.717) is 19.3 Å². The maximum Gasteiger partial charge on any atom is 0.306 e. The van der Waals surface area contributed by atoms with Gasteiger partial charge in [0.1, 0.15) is 13.2 Å². The number of allylic oxidation sites excluding steroid dienone is 8. The lowest BCUT2D eigenvalue weighted by molar-refractivity contribution is -0.166. The second kappa shape index (κ2) is 61.9. The molecule has 0 heterocycles. The lowest BCUT2D eigenvalue weighted by Crippen LogP contribution is -2.30. The van der Waals surface area contributed by atoms with E-state index in [1.165, 1.54) is 231 Å². The van der Waals surface area contributed by atoms with Crippen molar-refractivity contribution in [3.8, 4) is 0 Å². The van der Waals surface area contributed by atoms with Gasteiger partial charge in [0.15, 0.2) is 6.10 Å². The summed E-state index contributed by atoms with van der Waals surface area (Å²) >= 11 is 0. The third kappa shape index (κ3) is 60.1. The Morgan fingerprint density at radius 2 is 0.534 bits per heavy atom. The van der Waals surface area contributed by atoms with Gasteiger partial charge in [0.2, 0.25) is 0 Å². The van der Waals surface area contributed by atoms with Gasteiger partial charge < -0.3 is 14.2 Å². The fraction of sp³-hybridized carbons (Fsp3) is 0.836. The molecule has 0 aliphatic carbocycles. The van der Waals surface area contributed by atoms with Gasteiger partial charge in [0.05, 0.1) is 0 Å². The van der Waals surface area contributed by atoms with Gasteiger partial charge in [-0.05, 0) is 44.9 Å². The summed E-state index contributed by atoms with van der Waals surface area (Å²) in [5.74, 6) is -0.966. The number of unbranched alkanes of at least 4 members (excludes halogenated alkanes) is 40. The molecule has 0 radical (unpaired) electrons. The lowest BCUT2D eigenvalue weighted by Gasteiger charge is -2.18. The summed E-state index contributed by atoms with van der Waals surface area (Å²) in [6, 6.07) is 0. The molecule has 0 aliphatic heterocycles. The highest BCUT2D eigenvalue weighted by molar-refractivity contribution is 5.71. The Labute approximate surface area is 454 Å². The smallest absolute Gasteiger partial charge is 0.306 e. The predicted octanol–water partition coefficient (Wildman–Crippen LogP) is 21.8. The minimum atomic E-state index is -0.807. The first-order valence-corrected chi connectivity index (χ1v) is 32.1. The van der Waals surface area contributed by atoms with E-state index in [1.807, 2.05) is 6.08 Å². The quantitative estimate of drug-likeness (QED) is 0.0261. The summed E-state index contributed by atoms with van der Waals surface area (Å²) in [4.78, 5) is 38.0. The standard InChI is InChI=1S/C67H122O6/c1-4-7-10-13-16-19-22-24-25-26-27-28-29-30-31-32-33-34-35-36-37-38-39-40-41-42-44-45-48-51-54-57-60-66(69)72-63-64(62-71-65(68)59-56-53-50-47-21-18-15-12-9-6-3)73-67(70)61-58-55-52-49-46-43-23-20-17-14-11-8-5-2/h8,11,17,20,43,46,52,55,64H,4-7,9-10,12-16,18-19,21-42,44-45,47-51,53-54,56-63H2,1-3H3/b11-8-,20-17-,46-43-,55-52-. The minimum Gasteiger partial charge on any atom is -0.462 e. The molecule has 0 aromatic carbocycles. The highest BCUT2D eigenvalue weighted by Gasteiger charge is 2.19. The van der Waals surface area contributed by atoms with Crippen molar-refractivity contribution in [3.63, 3.8) is 0 Å². The molecule has 6 nitrogen and oxygen atoms in total. The van der Waals surface area contributed by atoms with E-state index >= 15 is 0 Å². The average Bonchev–Trinajstić information content (AvgIpc) is 3.39. The Kier molecular flexibility index (Phi) is 59.7. The summed E-state index contributed by atoms with van der Waals surface area (Å²) in [7, 11) is 0. The van der Waals surface area contributed by atoms with Gasteiger partial charge in [0, 0.05) is 19.3 Å². The van der Waals surface area contributed by atoms with E-state index in [4.69, 9.17) is 14.2 Å². The minimum absolute atomic E-state index is 0.0975. The molecule has 1 unspecified atom stereocenters. The lowest BCUT2D eigenvalue weighted by atomic mass is 10.0. The molecular weight excluding hydrogens is 901 g/mol. The second-order valence-corrected chi connectivity index (χ2v) is 21.7. The van der Waals surface area contributed by atoms with E-state index in [0.717, 1.165) is 64.2 Å². The molecule has 0 aliphatic rings. The van der Waals surface area contributed by atoms with Crippen molar-refractivity contribution in [2.24, 2.45) is 0 Å². The van der Waals surface area contributed by atoms with Gasteiger partial charge >= 0.3 is 17.9 Å². The van der Waals surface area contributed by atoms with Crippen molar-refractivity contribution in [2.45, 2.75) is 348 Å². The zero-order chi connectivity index (χ0) is 52.9. The van der Waals surface area contributed by atoms with Crippen LogP contribution < -0.4 is 0 Å². The molecule has 0 amide bonds. The van der Waals surface area contributed by atoms with Crippen LogP contribution >= 0.6 is 0 Å². The Hall–Kier alpha value is -2.63. The summed E-state index contributed by atoms with van der Waals surface area (Å²) in [5.41, 5.74) is 0. The number of esters is 3. The normalized spacial score (nSPS) is 12.3. The molecule has 0 aromatic heterocycles. The molecule has 73 heavy (non-hydrogen) atoms. The Bertz CT molecular complexity index is 1270. The zero-order valence-electron chi connectivity index (χ0n) is 48.9. The SMILES string of the molecule is CC/C=C\C/C=C\C/C=C\C/C=C\CCC(=O)OC(COC(=O)CCCCCCCCCCCC)COC(=O)CCCCCCCCCCCCCCCCCCCCCCCCCCCCCCCCCC. The Balaban J connectivity index is 4.04. The first kappa shape index (κ1) is 70.4. The van der Waals surface area contributed by atoms with Crippen LogP contribution in [0, 0.1) is 0 Å². The van der Waals surface area contributed by atoms with Gasteiger partial charge in [0.25, 0.3) is 0 Å². The van der Waals surface area contributed by atoms with Gasteiger partial charge in [-0.25, -0.2) is 0 Å².